The minimum atomic E-state index is -0.981. The second-order valence-corrected chi connectivity index (χ2v) is 15.0. The molecular formula is C33H42ClIN2O4. The van der Waals surface area contributed by atoms with Gasteiger partial charge in [0.15, 0.2) is 0 Å². The molecule has 0 bridgehead atoms. The number of halogens is 2. The van der Waals surface area contributed by atoms with Crippen molar-refractivity contribution in [2.45, 2.75) is 74.4 Å². The van der Waals surface area contributed by atoms with Gasteiger partial charge >= 0.3 is 6.09 Å². The highest BCUT2D eigenvalue weighted by atomic mass is 127. The van der Waals surface area contributed by atoms with Gasteiger partial charge in [-0.1, -0.05) is 89.9 Å². The van der Waals surface area contributed by atoms with E-state index in [1.807, 2.05) is 62.1 Å². The molecule has 1 saturated heterocycles. The maximum atomic E-state index is 14.9. The van der Waals surface area contributed by atoms with Crippen molar-refractivity contribution in [3.63, 3.8) is 0 Å². The topological polar surface area (TPSA) is 70.1 Å². The number of hydrogen-bond acceptors (Lipinski definition) is 4. The van der Waals surface area contributed by atoms with Crippen molar-refractivity contribution in [3.8, 4) is 11.1 Å². The summed E-state index contributed by atoms with van der Waals surface area (Å²) in [4.78, 5) is 31.3. The van der Waals surface area contributed by atoms with Gasteiger partial charge in [0.2, 0.25) is 5.91 Å². The lowest BCUT2D eigenvalue weighted by molar-refractivity contribution is -0.141. The van der Waals surface area contributed by atoms with Crippen LogP contribution in [0, 0.1) is 17.8 Å². The summed E-state index contributed by atoms with van der Waals surface area (Å²) < 4.78 is 4.61. The molecule has 2 saturated carbocycles. The first-order chi connectivity index (χ1) is 19.5. The number of ether oxygens (including phenoxy) is 1. The van der Waals surface area contributed by atoms with Gasteiger partial charge in [-0.05, 0) is 80.7 Å². The van der Waals surface area contributed by atoms with Crippen LogP contribution in [-0.2, 0) is 13.0 Å². The maximum absolute atomic E-state index is 14.9. The molecule has 2 aliphatic carbocycles. The molecule has 3 fully saturated rings. The number of carbonyl (C=O) groups excluding carboxylic acids is 2. The van der Waals surface area contributed by atoms with Gasteiger partial charge in [0.25, 0.3) is 0 Å². The summed E-state index contributed by atoms with van der Waals surface area (Å²) in [6.07, 6.45) is 5.39. The van der Waals surface area contributed by atoms with E-state index in [0.717, 1.165) is 42.4 Å². The van der Waals surface area contributed by atoms with Crippen molar-refractivity contribution in [2.75, 3.05) is 26.2 Å². The average molecular weight is 693 g/mol. The molecule has 2 amide bonds. The standard InChI is InChI=1S/C33H42ClIN2O4/c1-32(2,3)41-31(40)37-19-17-36(18-20-37)30(39)33(35,29-26-13-5-4-9-22(26)15-16-28(29)38)27-14-7-6-12-25(27)23-10-8-11-24(34)21-23/h6-8,10-12,14,21-22,26,28-29,38H,4-5,9,13,15-20H2,1-3H3. The Balaban J connectivity index is 1.54. The fourth-order valence-corrected chi connectivity index (χ4v) is 9.15. The lowest BCUT2D eigenvalue weighted by Crippen LogP contribution is -2.59. The summed E-state index contributed by atoms with van der Waals surface area (Å²) in [5.74, 6) is 0.621. The van der Waals surface area contributed by atoms with Gasteiger partial charge in [0.1, 0.15) is 9.02 Å². The highest BCUT2D eigenvalue weighted by Gasteiger charge is 2.56. The van der Waals surface area contributed by atoms with Crippen molar-refractivity contribution < 1.29 is 19.4 Å². The van der Waals surface area contributed by atoms with Crippen LogP contribution in [0.4, 0.5) is 4.79 Å². The van der Waals surface area contributed by atoms with E-state index in [1.54, 1.807) is 4.90 Å². The average Bonchev–Trinajstić information content (AvgIpc) is 2.95. The molecule has 0 spiro atoms. The molecule has 3 aliphatic rings. The molecule has 1 aliphatic heterocycles. The van der Waals surface area contributed by atoms with Crippen LogP contribution < -0.4 is 0 Å². The lowest BCUT2D eigenvalue weighted by Gasteiger charge is -2.52. The van der Waals surface area contributed by atoms with Crippen LogP contribution in [0.5, 0.6) is 0 Å². The lowest BCUT2D eigenvalue weighted by atomic mass is 9.59. The van der Waals surface area contributed by atoms with Gasteiger partial charge in [0.05, 0.1) is 6.10 Å². The zero-order valence-electron chi connectivity index (χ0n) is 24.3. The third-order valence-corrected chi connectivity index (χ3v) is 11.1. The summed E-state index contributed by atoms with van der Waals surface area (Å²) >= 11 is 8.83. The number of amides is 2. The van der Waals surface area contributed by atoms with E-state index in [2.05, 4.69) is 34.7 Å². The van der Waals surface area contributed by atoms with Crippen LogP contribution in [0.15, 0.2) is 48.5 Å². The number of hydrogen-bond donors (Lipinski definition) is 1. The Morgan fingerprint density at radius 3 is 2.32 bits per heavy atom. The number of fused-ring (bicyclic) bond motifs is 1. The maximum Gasteiger partial charge on any atom is 0.410 e. The van der Waals surface area contributed by atoms with Crippen molar-refractivity contribution in [3.05, 3.63) is 59.1 Å². The van der Waals surface area contributed by atoms with Crippen LogP contribution in [-0.4, -0.2) is 64.8 Å². The Bertz CT molecular complexity index is 1260. The number of nitrogens with zero attached hydrogens (tertiary/aromatic N) is 2. The summed E-state index contributed by atoms with van der Waals surface area (Å²) in [5.41, 5.74) is 2.29. The first-order valence-corrected chi connectivity index (χ1v) is 16.4. The summed E-state index contributed by atoms with van der Waals surface area (Å²) in [5, 5.41) is 12.4. The molecule has 0 radical (unpaired) electrons. The molecule has 0 aromatic heterocycles. The number of aliphatic hydroxyl groups excluding tert-OH is 1. The number of rotatable bonds is 4. The normalized spacial score (nSPS) is 26.6. The molecule has 5 atom stereocenters. The van der Waals surface area contributed by atoms with Gasteiger partial charge in [0, 0.05) is 37.1 Å². The van der Waals surface area contributed by atoms with Gasteiger partial charge in [-0.25, -0.2) is 4.79 Å². The summed E-state index contributed by atoms with van der Waals surface area (Å²) in [7, 11) is 0. The quantitative estimate of drug-likeness (QED) is 0.270. The summed E-state index contributed by atoms with van der Waals surface area (Å²) in [6.45, 7) is 7.28. The third-order valence-electron chi connectivity index (χ3n) is 9.12. The SMILES string of the molecule is CC(C)(C)OC(=O)N1CCN(C(=O)C(I)(c2ccccc2-c2cccc(Cl)c2)C2C(O)CCC3CCCCC32)CC1. The van der Waals surface area contributed by atoms with E-state index in [1.165, 1.54) is 12.8 Å². The zero-order valence-corrected chi connectivity index (χ0v) is 27.2. The van der Waals surface area contributed by atoms with Gasteiger partial charge in [-0.15, -0.1) is 0 Å². The van der Waals surface area contributed by atoms with Gasteiger partial charge in [-0.2, -0.15) is 0 Å². The zero-order chi connectivity index (χ0) is 29.4. The first kappa shape index (κ1) is 30.6. The predicted molar refractivity (Wildman–Crippen MR) is 171 cm³/mol. The van der Waals surface area contributed by atoms with Crippen molar-refractivity contribution in [2.24, 2.45) is 17.8 Å². The van der Waals surface area contributed by atoms with Crippen LogP contribution in [0.25, 0.3) is 11.1 Å². The number of carbonyl (C=O) groups is 2. The Morgan fingerprint density at radius 1 is 0.927 bits per heavy atom. The Morgan fingerprint density at radius 2 is 1.61 bits per heavy atom. The van der Waals surface area contributed by atoms with E-state index < -0.39 is 15.1 Å². The van der Waals surface area contributed by atoms with Crippen LogP contribution in [0.2, 0.25) is 5.02 Å². The molecule has 222 valence electrons. The summed E-state index contributed by atoms with van der Waals surface area (Å²) in [6, 6.07) is 15.9. The Hall–Kier alpha value is -1.84. The van der Waals surface area contributed by atoms with E-state index in [0.29, 0.717) is 37.1 Å². The minimum absolute atomic E-state index is 0.0201. The van der Waals surface area contributed by atoms with E-state index in [-0.39, 0.29) is 23.8 Å². The smallest absolute Gasteiger partial charge is 0.410 e. The molecule has 41 heavy (non-hydrogen) atoms. The van der Waals surface area contributed by atoms with Crippen molar-refractivity contribution >= 4 is 46.2 Å². The molecule has 2 aromatic rings. The number of alkyl halides is 1. The van der Waals surface area contributed by atoms with Crippen LogP contribution in [0.3, 0.4) is 0 Å². The molecular weight excluding hydrogens is 651 g/mol. The molecule has 2 aromatic carbocycles. The Kier molecular flexibility index (Phi) is 9.27. The highest BCUT2D eigenvalue weighted by Crippen LogP contribution is 2.56. The van der Waals surface area contributed by atoms with E-state index in [4.69, 9.17) is 16.3 Å². The highest BCUT2D eigenvalue weighted by molar-refractivity contribution is 14.1. The van der Waals surface area contributed by atoms with E-state index >= 15 is 0 Å². The Labute approximate surface area is 262 Å². The second-order valence-electron chi connectivity index (χ2n) is 12.9. The number of benzene rings is 2. The molecule has 5 unspecified atom stereocenters. The third kappa shape index (κ3) is 6.42. The molecule has 6 nitrogen and oxygen atoms in total. The fourth-order valence-electron chi connectivity index (χ4n) is 7.27. The predicted octanol–water partition coefficient (Wildman–Crippen LogP) is 7.29. The molecule has 1 heterocycles. The van der Waals surface area contributed by atoms with Crippen LogP contribution >= 0.6 is 34.2 Å². The first-order valence-electron chi connectivity index (χ1n) is 15.0. The second kappa shape index (κ2) is 12.4. The molecule has 5 rings (SSSR count). The number of aliphatic hydroxyl groups is 1. The largest absolute Gasteiger partial charge is 0.444 e. The monoisotopic (exact) mass is 692 g/mol. The van der Waals surface area contributed by atoms with Crippen molar-refractivity contribution in [1.82, 2.24) is 9.80 Å². The van der Waals surface area contributed by atoms with Gasteiger partial charge < -0.3 is 19.6 Å². The molecule has 1 N–H and O–H groups in total. The van der Waals surface area contributed by atoms with Gasteiger partial charge in [-0.3, -0.25) is 4.79 Å². The fraction of sp³-hybridized carbons (Fsp3) is 0.576. The van der Waals surface area contributed by atoms with Crippen molar-refractivity contribution in [1.29, 1.82) is 0 Å². The van der Waals surface area contributed by atoms with Crippen LogP contribution in [0.1, 0.15) is 64.9 Å². The minimum Gasteiger partial charge on any atom is -0.444 e. The molecule has 8 heteroatoms. The number of piperazine rings is 1. The van der Waals surface area contributed by atoms with E-state index in [9.17, 15) is 14.7 Å².